The van der Waals surface area contributed by atoms with Gasteiger partial charge < -0.3 is 33.5 Å². The molecule has 0 aliphatic carbocycles. The third-order valence-electron chi connectivity index (χ3n) is 9.60. The van der Waals surface area contributed by atoms with Crippen molar-refractivity contribution in [1.82, 2.24) is 24.7 Å². The number of aryl methyl sites for hydroxylation is 2. The number of nitrogens with zero attached hydrogens (tertiary/aromatic N) is 7. The quantitative estimate of drug-likeness (QED) is 0.269. The third kappa shape index (κ3) is 5.08. The molecule has 3 fully saturated rings. The number of morpholine rings is 1. The average Bonchev–Trinajstić information content (AvgIpc) is 3.80. The van der Waals surface area contributed by atoms with E-state index in [9.17, 15) is 9.90 Å². The van der Waals surface area contributed by atoms with E-state index in [-0.39, 0.29) is 19.0 Å². The van der Waals surface area contributed by atoms with Crippen molar-refractivity contribution in [3.05, 3.63) is 65.9 Å². The molecule has 1 spiro atoms. The Balaban J connectivity index is 1.15. The topological polar surface area (TPSA) is 141 Å². The van der Waals surface area contributed by atoms with Gasteiger partial charge in [-0.1, -0.05) is 25.0 Å². The molecule has 3 aliphatic heterocycles. The first-order chi connectivity index (χ1) is 23.3. The second kappa shape index (κ2) is 11.8. The third-order valence-corrected chi connectivity index (χ3v) is 9.60. The smallest absolute Gasteiger partial charge is 0.326 e. The van der Waals surface area contributed by atoms with E-state index in [0.29, 0.717) is 72.6 Å². The van der Waals surface area contributed by atoms with Gasteiger partial charge in [0, 0.05) is 43.6 Å². The van der Waals surface area contributed by atoms with E-state index < -0.39 is 23.7 Å². The number of rotatable bonds is 6. The van der Waals surface area contributed by atoms with Gasteiger partial charge in [0.15, 0.2) is 11.4 Å². The number of hydrogen-bond acceptors (Lipinski definition) is 11. The van der Waals surface area contributed by atoms with E-state index in [2.05, 4.69) is 28.8 Å². The van der Waals surface area contributed by atoms with Crippen molar-refractivity contribution in [2.45, 2.75) is 50.5 Å². The lowest BCUT2D eigenvalue weighted by atomic mass is 9.90. The van der Waals surface area contributed by atoms with Crippen LogP contribution in [-0.4, -0.2) is 92.5 Å². The fourth-order valence-electron chi connectivity index (χ4n) is 6.82. The molecule has 3 atom stereocenters. The molecule has 246 valence electrons. The molecule has 3 aliphatic rings. The first-order valence-electron chi connectivity index (χ1n) is 16.2. The number of pyridine rings is 1. The number of ether oxygens (including phenoxy) is 3. The molecule has 13 heteroatoms. The molecule has 8 rings (SSSR count). The van der Waals surface area contributed by atoms with E-state index in [1.54, 1.807) is 22.0 Å². The summed E-state index contributed by atoms with van der Waals surface area (Å²) in [4.78, 5) is 31.0. The van der Waals surface area contributed by atoms with Crippen molar-refractivity contribution in [3.63, 3.8) is 0 Å². The molecule has 0 bridgehead atoms. The molecule has 1 N–H and O–H groups in total. The lowest BCUT2D eigenvalue weighted by Crippen LogP contribution is -2.68. The number of fused-ring (bicyclic) bond motifs is 3. The Labute approximate surface area is 276 Å². The summed E-state index contributed by atoms with van der Waals surface area (Å²) in [6.07, 6.45) is 3.70. The fourth-order valence-corrected chi connectivity index (χ4v) is 6.82. The van der Waals surface area contributed by atoms with Gasteiger partial charge in [-0.05, 0) is 37.1 Å². The van der Waals surface area contributed by atoms with Crippen LogP contribution in [0.3, 0.4) is 0 Å². The van der Waals surface area contributed by atoms with Crippen molar-refractivity contribution in [2.24, 2.45) is 7.05 Å². The standard InChI is InChI=1S/C35H35N7O6/c1-4-29-38-30-25-7-5-6-8-28(25)48-31(30)32(39-29)42-18-24(16-27(42)34(43)44)47-33-26(41-13-14-46-35(21(41)2)19-45-20-35)15-22(17-36-33)9-10-23-11-12-37-40(23)3/h5-8,11-12,15,17,21,24,27H,4,13-14,16,18-20H2,1-3H3,(H,43,44)/t21-,24-,27-/m0/s1. The lowest BCUT2D eigenvalue weighted by Gasteiger charge is -2.53. The van der Waals surface area contributed by atoms with Crippen molar-refractivity contribution >= 4 is 39.5 Å². The SMILES string of the molecule is CCc1nc(N2C[C@@H](Oc3ncc(C#Cc4ccnn4C)cc3N3CCOC4(COC4)[C@@H]3C)C[C@H]2C(=O)O)c2oc3ccccc3c2n1. The largest absolute Gasteiger partial charge is 0.480 e. The monoisotopic (exact) mass is 649 g/mol. The highest BCUT2D eigenvalue weighted by Gasteiger charge is 2.50. The summed E-state index contributed by atoms with van der Waals surface area (Å²) in [5, 5.41) is 15.5. The van der Waals surface area contributed by atoms with Crippen LogP contribution in [0.25, 0.3) is 22.1 Å². The summed E-state index contributed by atoms with van der Waals surface area (Å²) < 4.78 is 26.4. The molecule has 0 saturated carbocycles. The highest BCUT2D eigenvalue weighted by molar-refractivity contribution is 6.06. The summed E-state index contributed by atoms with van der Waals surface area (Å²) in [5.74, 6) is 6.90. The molecular formula is C35H35N7O6. The molecule has 3 saturated heterocycles. The molecule has 13 nitrogen and oxygen atoms in total. The van der Waals surface area contributed by atoms with Crippen LogP contribution < -0.4 is 14.5 Å². The molecule has 4 aromatic heterocycles. The molecule has 0 amide bonds. The van der Waals surface area contributed by atoms with Gasteiger partial charge >= 0.3 is 5.97 Å². The van der Waals surface area contributed by atoms with Crippen molar-refractivity contribution in [2.75, 3.05) is 42.7 Å². The zero-order chi connectivity index (χ0) is 33.0. The minimum Gasteiger partial charge on any atom is -0.480 e. The van der Waals surface area contributed by atoms with Crippen LogP contribution in [0.2, 0.25) is 0 Å². The van der Waals surface area contributed by atoms with Gasteiger partial charge in [0.25, 0.3) is 0 Å². The second-order valence-electron chi connectivity index (χ2n) is 12.5. The number of carboxylic acids is 1. The van der Waals surface area contributed by atoms with Crippen molar-refractivity contribution in [3.8, 4) is 17.7 Å². The summed E-state index contributed by atoms with van der Waals surface area (Å²) in [7, 11) is 1.85. The van der Waals surface area contributed by atoms with Gasteiger partial charge in [-0.2, -0.15) is 5.10 Å². The summed E-state index contributed by atoms with van der Waals surface area (Å²) in [6.45, 7) is 6.54. The van der Waals surface area contributed by atoms with Gasteiger partial charge in [-0.3, -0.25) is 4.68 Å². The fraction of sp³-hybridized carbons (Fsp3) is 0.400. The summed E-state index contributed by atoms with van der Waals surface area (Å²) in [5.41, 5.74) is 3.66. The Morgan fingerprint density at radius 2 is 2.02 bits per heavy atom. The van der Waals surface area contributed by atoms with E-state index >= 15 is 0 Å². The van der Waals surface area contributed by atoms with Crippen LogP contribution in [-0.2, 0) is 27.7 Å². The zero-order valence-electron chi connectivity index (χ0n) is 26.9. The summed E-state index contributed by atoms with van der Waals surface area (Å²) >= 11 is 0. The molecule has 48 heavy (non-hydrogen) atoms. The minimum absolute atomic E-state index is 0.0221. The predicted molar refractivity (Wildman–Crippen MR) is 176 cm³/mol. The molecule has 5 aromatic rings. The second-order valence-corrected chi connectivity index (χ2v) is 12.5. The predicted octanol–water partition coefficient (Wildman–Crippen LogP) is 3.57. The van der Waals surface area contributed by atoms with Crippen LogP contribution in [0.1, 0.15) is 37.4 Å². The lowest BCUT2D eigenvalue weighted by molar-refractivity contribution is -0.228. The molecule has 0 radical (unpaired) electrons. The maximum absolute atomic E-state index is 12.7. The number of aromatic nitrogens is 5. The maximum atomic E-state index is 12.7. The molecular weight excluding hydrogens is 614 g/mol. The highest BCUT2D eigenvalue weighted by atomic mass is 16.6. The van der Waals surface area contributed by atoms with Crippen LogP contribution >= 0.6 is 0 Å². The van der Waals surface area contributed by atoms with Gasteiger partial charge in [-0.25, -0.2) is 19.7 Å². The number of aliphatic carboxylic acids is 1. The molecule has 0 unspecified atom stereocenters. The molecule has 1 aromatic carbocycles. The normalized spacial score (nSPS) is 21.8. The van der Waals surface area contributed by atoms with E-state index in [4.69, 9.17) is 33.6 Å². The minimum atomic E-state index is -0.968. The number of para-hydroxylation sites is 1. The number of carboxylic acid groups (broad SMARTS) is 1. The van der Waals surface area contributed by atoms with Crippen molar-refractivity contribution < 1.29 is 28.5 Å². The number of carbonyl (C=O) groups is 1. The first kappa shape index (κ1) is 30.2. The van der Waals surface area contributed by atoms with Gasteiger partial charge in [-0.15, -0.1) is 0 Å². The van der Waals surface area contributed by atoms with E-state index in [1.807, 2.05) is 50.4 Å². The van der Waals surface area contributed by atoms with Crippen LogP contribution in [0.4, 0.5) is 11.5 Å². The Bertz CT molecular complexity index is 2090. The molecule has 7 heterocycles. The zero-order valence-corrected chi connectivity index (χ0v) is 26.9. The highest BCUT2D eigenvalue weighted by Crippen LogP contribution is 2.40. The average molecular weight is 650 g/mol. The number of hydrogen-bond donors (Lipinski definition) is 1. The van der Waals surface area contributed by atoms with Gasteiger partial charge in [0.2, 0.25) is 5.88 Å². The number of anilines is 2. The maximum Gasteiger partial charge on any atom is 0.326 e. The van der Waals surface area contributed by atoms with E-state index in [1.165, 1.54) is 0 Å². The first-order valence-corrected chi connectivity index (χ1v) is 16.2. The van der Waals surface area contributed by atoms with Crippen LogP contribution in [0.5, 0.6) is 5.88 Å². The van der Waals surface area contributed by atoms with Crippen molar-refractivity contribution in [1.29, 1.82) is 0 Å². The Morgan fingerprint density at radius 3 is 2.77 bits per heavy atom. The van der Waals surface area contributed by atoms with E-state index in [0.717, 1.165) is 16.8 Å². The van der Waals surface area contributed by atoms with Crippen LogP contribution in [0.15, 0.2) is 53.2 Å². The Hall–Kier alpha value is -5.19. The number of furan rings is 1. The number of benzene rings is 1. The van der Waals surface area contributed by atoms with Gasteiger partial charge in [0.1, 0.15) is 46.1 Å². The Morgan fingerprint density at radius 1 is 1.17 bits per heavy atom. The Kier molecular flexibility index (Phi) is 7.42. The van der Waals surface area contributed by atoms with Gasteiger partial charge in [0.05, 0.1) is 38.6 Å². The summed E-state index contributed by atoms with van der Waals surface area (Å²) in [6, 6.07) is 10.6. The van der Waals surface area contributed by atoms with Crippen LogP contribution in [0, 0.1) is 11.8 Å².